The Morgan fingerprint density at radius 1 is 0.933 bits per heavy atom. The number of aromatic nitrogens is 1. The first-order valence-electron chi connectivity index (χ1n) is 19.7. The topological polar surface area (TPSA) is 230 Å². The molecule has 2 heterocycles. The summed E-state index contributed by atoms with van der Waals surface area (Å²) in [5.41, 5.74) is 16.9. The maximum atomic E-state index is 14.7. The summed E-state index contributed by atoms with van der Waals surface area (Å²) in [6, 6.07) is 17.9. The third kappa shape index (κ3) is 10.9. The lowest BCUT2D eigenvalue weighted by molar-refractivity contribution is -0.142. The molecular formula is C43H49ClN7O7PS. The minimum absolute atomic E-state index is 0.0439. The van der Waals surface area contributed by atoms with Gasteiger partial charge in [0.25, 0.3) is 0 Å². The number of benzene rings is 3. The summed E-state index contributed by atoms with van der Waals surface area (Å²) < 4.78 is 12.0. The molecule has 3 atom stereocenters. The third-order valence-electron chi connectivity index (χ3n) is 10.8. The Kier molecular flexibility index (Phi) is 15.0. The van der Waals surface area contributed by atoms with Crippen LogP contribution < -0.4 is 32.7 Å². The van der Waals surface area contributed by atoms with Crippen LogP contribution in [0, 0.1) is 0 Å². The van der Waals surface area contributed by atoms with Gasteiger partial charge in [0, 0.05) is 44.1 Å². The molecule has 3 aromatic carbocycles. The van der Waals surface area contributed by atoms with Crippen LogP contribution >= 0.6 is 31.0 Å². The Hall–Kier alpha value is -4.86. The Morgan fingerprint density at radius 3 is 2.42 bits per heavy atom. The maximum Gasteiger partial charge on any atom is 0.356 e. The summed E-state index contributed by atoms with van der Waals surface area (Å²) in [6.45, 7) is 0.487. The molecule has 0 bridgehead atoms. The summed E-state index contributed by atoms with van der Waals surface area (Å²) in [7, 11) is -2.96. The fourth-order valence-electron chi connectivity index (χ4n) is 7.46. The van der Waals surface area contributed by atoms with Gasteiger partial charge in [-0.25, -0.2) is 4.98 Å². The van der Waals surface area contributed by atoms with Gasteiger partial charge in [-0.05, 0) is 102 Å². The molecule has 9 N–H and O–H groups in total. The van der Waals surface area contributed by atoms with E-state index >= 15 is 0 Å². The standard InChI is InChI=1S/C43H49ClN7O7PS/c1-51-37(23-28-12-11-26-7-2-3-9-31(26)28)41(54)49-25-33-32(27-13-15-30(16-14-27)59(56,57)58)17-18-34(44)39(33)60-42-29(8-6-22-47-42)24-48-35(19-20-38(46)52)40(53)50-36(43(51)55)10-4-5-21-45/h2-3,6-9,12-18,22,35-37,48H,4-5,10-11,19-21,23-25,45H2,1H3,(H2,46,52)(H,49,54)(H,50,53)(H2,56,57,58)/t35-,36-,37-/m0/s1. The van der Waals surface area contributed by atoms with Crippen LogP contribution in [0.25, 0.3) is 16.7 Å². The molecule has 0 saturated heterocycles. The molecule has 0 fully saturated rings. The summed E-state index contributed by atoms with van der Waals surface area (Å²) in [5, 5.41) is 10.1. The Labute approximate surface area is 358 Å². The van der Waals surface area contributed by atoms with Crippen molar-refractivity contribution in [2.45, 2.75) is 86.1 Å². The fourth-order valence-corrected chi connectivity index (χ4v) is 9.34. The van der Waals surface area contributed by atoms with Crippen molar-refractivity contribution in [3.8, 4) is 11.1 Å². The number of pyridine rings is 1. The molecule has 1 aliphatic carbocycles. The van der Waals surface area contributed by atoms with E-state index in [1.807, 2.05) is 30.3 Å². The van der Waals surface area contributed by atoms with Gasteiger partial charge in [-0.3, -0.25) is 23.7 Å². The van der Waals surface area contributed by atoms with Gasteiger partial charge < -0.3 is 42.1 Å². The molecule has 1 aliphatic heterocycles. The van der Waals surface area contributed by atoms with Gasteiger partial charge >= 0.3 is 7.60 Å². The van der Waals surface area contributed by atoms with Crippen molar-refractivity contribution in [3.63, 3.8) is 0 Å². The average molecular weight is 874 g/mol. The molecule has 2 aliphatic rings. The second kappa shape index (κ2) is 20.1. The van der Waals surface area contributed by atoms with E-state index in [1.165, 1.54) is 28.8 Å². The van der Waals surface area contributed by atoms with Gasteiger partial charge in [0.15, 0.2) is 0 Å². The number of carbonyl (C=O) groups excluding carboxylic acids is 4. The molecule has 4 aromatic rings. The molecule has 1 aromatic heterocycles. The molecule has 0 spiro atoms. The van der Waals surface area contributed by atoms with Crippen molar-refractivity contribution < 1.29 is 33.5 Å². The van der Waals surface area contributed by atoms with Crippen molar-refractivity contribution in [2.24, 2.45) is 11.5 Å². The van der Waals surface area contributed by atoms with Gasteiger partial charge in [-0.1, -0.05) is 78.0 Å². The molecule has 0 radical (unpaired) electrons. The number of primary amides is 1. The van der Waals surface area contributed by atoms with Crippen LogP contribution in [-0.2, 0) is 43.3 Å². The maximum absolute atomic E-state index is 14.7. The summed E-state index contributed by atoms with van der Waals surface area (Å²) >= 11 is 8.24. The van der Waals surface area contributed by atoms with Crippen LogP contribution in [0.5, 0.6) is 0 Å². The zero-order valence-corrected chi connectivity index (χ0v) is 35.6. The van der Waals surface area contributed by atoms with E-state index < -0.39 is 49.4 Å². The van der Waals surface area contributed by atoms with E-state index in [1.54, 1.807) is 43.6 Å². The van der Waals surface area contributed by atoms with Crippen LogP contribution in [0.2, 0.25) is 5.02 Å². The number of allylic oxidation sites excluding steroid dienone is 1. The van der Waals surface area contributed by atoms with Crippen molar-refractivity contribution >= 4 is 65.5 Å². The highest BCUT2D eigenvalue weighted by Gasteiger charge is 2.35. The van der Waals surface area contributed by atoms with Crippen LogP contribution in [0.15, 0.2) is 95.0 Å². The van der Waals surface area contributed by atoms with E-state index in [0.29, 0.717) is 63.0 Å². The first kappa shape index (κ1) is 44.7. The molecule has 6 rings (SSSR count). The third-order valence-corrected chi connectivity index (χ3v) is 13.4. The van der Waals surface area contributed by atoms with E-state index in [-0.39, 0.29) is 44.1 Å². The highest BCUT2D eigenvalue weighted by atomic mass is 35.5. The normalized spacial score (nSPS) is 19.0. The van der Waals surface area contributed by atoms with E-state index in [9.17, 15) is 33.5 Å². The van der Waals surface area contributed by atoms with Gasteiger partial charge in [0.2, 0.25) is 23.6 Å². The van der Waals surface area contributed by atoms with Crippen LogP contribution in [0.3, 0.4) is 0 Å². The predicted octanol–water partition coefficient (Wildman–Crippen LogP) is 4.18. The lowest BCUT2D eigenvalue weighted by Gasteiger charge is -2.32. The highest BCUT2D eigenvalue weighted by Crippen LogP contribution is 2.42. The second-order valence-electron chi connectivity index (χ2n) is 14.8. The minimum Gasteiger partial charge on any atom is -0.370 e. The smallest absolute Gasteiger partial charge is 0.356 e. The lowest BCUT2D eigenvalue weighted by atomic mass is 9.97. The highest BCUT2D eigenvalue weighted by molar-refractivity contribution is 7.99. The number of nitrogens with one attached hydrogen (secondary N) is 3. The van der Waals surface area contributed by atoms with Crippen LogP contribution in [-0.4, -0.2) is 75.0 Å². The number of fused-ring (bicyclic) bond motifs is 3. The largest absolute Gasteiger partial charge is 0.370 e. The molecule has 4 amide bonds. The zero-order valence-electron chi connectivity index (χ0n) is 33.1. The van der Waals surface area contributed by atoms with E-state index in [4.69, 9.17) is 23.1 Å². The van der Waals surface area contributed by atoms with Gasteiger partial charge in [0.05, 0.1) is 16.4 Å². The molecule has 60 heavy (non-hydrogen) atoms. The van der Waals surface area contributed by atoms with Crippen molar-refractivity contribution in [1.82, 2.24) is 25.8 Å². The number of amides is 4. The number of nitrogens with zero attached hydrogens (tertiary/aromatic N) is 2. The first-order valence-corrected chi connectivity index (χ1v) is 22.5. The van der Waals surface area contributed by atoms with Crippen LogP contribution in [0.4, 0.5) is 0 Å². The minimum atomic E-state index is -4.52. The number of nitrogens with two attached hydrogens (primary N) is 2. The lowest BCUT2D eigenvalue weighted by Crippen LogP contribution is -2.56. The molecule has 17 heteroatoms. The first-order chi connectivity index (χ1) is 28.7. The number of halogens is 1. The zero-order chi connectivity index (χ0) is 43.0. The number of likely N-dealkylation sites (N-methyl/N-ethyl adjacent to an activating group) is 1. The Balaban J connectivity index is 1.47. The van der Waals surface area contributed by atoms with Crippen LogP contribution in [0.1, 0.15) is 60.8 Å². The van der Waals surface area contributed by atoms with Gasteiger partial charge in [0.1, 0.15) is 17.1 Å². The molecule has 14 nitrogen and oxygen atoms in total. The monoisotopic (exact) mass is 873 g/mol. The number of carbonyl (C=O) groups is 4. The summed E-state index contributed by atoms with van der Waals surface area (Å²) in [6.07, 6.45) is 5.90. The second-order valence-corrected chi connectivity index (χ2v) is 17.8. The quantitative estimate of drug-likeness (QED) is 0.0835. The van der Waals surface area contributed by atoms with Crippen molar-refractivity contribution in [1.29, 1.82) is 0 Å². The fraction of sp³-hybridized carbons (Fsp3) is 0.326. The average Bonchev–Trinajstić information content (AvgIpc) is 3.64. The number of hydrogen-bond donors (Lipinski definition) is 7. The SMILES string of the molecule is CN1C(=O)[C@H](CCCCN)NC(=O)[C@H](CCC(N)=O)NCc2cccnc2Sc2c(Cl)ccc(-c3ccc(P(=O)(O)O)cc3)c2CNC(=O)[C@@H]1CC1=CCc2ccccc21. The van der Waals surface area contributed by atoms with Crippen molar-refractivity contribution in [3.05, 3.63) is 112 Å². The summed E-state index contributed by atoms with van der Waals surface area (Å²) in [4.78, 5) is 81.6. The molecule has 0 saturated carbocycles. The number of hydrogen-bond acceptors (Lipinski definition) is 9. The Bertz CT molecular complexity index is 2320. The predicted molar refractivity (Wildman–Crippen MR) is 232 cm³/mol. The van der Waals surface area contributed by atoms with Crippen molar-refractivity contribution in [2.75, 3.05) is 13.6 Å². The molecular weight excluding hydrogens is 825 g/mol. The molecule has 316 valence electrons. The Morgan fingerprint density at radius 2 is 1.68 bits per heavy atom. The number of unbranched alkanes of at least 4 members (excludes halogenated alkanes) is 1. The van der Waals surface area contributed by atoms with E-state index in [0.717, 1.165) is 16.7 Å². The number of rotatable bonds is 11. The molecule has 0 unspecified atom stereocenters. The van der Waals surface area contributed by atoms with Gasteiger partial charge in [-0.15, -0.1) is 0 Å². The van der Waals surface area contributed by atoms with E-state index in [2.05, 4.69) is 27.0 Å². The van der Waals surface area contributed by atoms with Gasteiger partial charge in [-0.2, -0.15) is 0 Å². The summed E-state index contributed by atoms with van der Waals surface area (Å²) in [5.74, 6) is -2.01.